The van der Waals surface area contributed by atoms with Crippen molar-refractivity contribution in [3.8, 4) is 0 Å². The summed E-state index contributed by atoms with van der Waals surface area (Å²) in [6.45, 7) is 0.775. The summed E-state index contributed by atoms with van der Waals surface area (Å²) < 4.78 is 7.78. The fourth-order valence-corrected chi connectivity index (χ4v) is 6.79. The van der Waals surface area contributed by atoms with Gasteiger partial charge in [-0.2, -0.15) is 0 Å². The van der Waals surface area contributed by atoms with Crippen LogP contribution in [0, 0.1) is 0 Å². The van der Waals surface area contributed by atoms with Crippen molar-refractivity contribution in [1.82, 2.24) is 0 Å². The fourth-order valence-electron chi connectivity index (χ4n) is 3.99. The summed E-state index contributed by atoms with van der Waals surface area (Å²) >= 11 is 0.315. The van der Waals surface area contributed by atoms with E-state index in [1.54, 1.807) is 0 Å². The molecule has 0 aromatic heterocycles. The standard InChI is InChI=1S/C25H26O2Se/c26-24(20-13-6-2-7-14-20)23(19-11-4-1-5-12-19)25-22(17-10-18-27-25)28-21-15-8-3-9-16-21/h1-9,11-16,22-26H,10,17-18H2/t22-,23-,24+,25-/m0/s1. The van der Waals surface area contributed by atoms with Crippen molar-refractivity contribution < 1.29 is 9.84 Å². The van der Waals surface area contributed by atoms with Gasteiger partial charge in [-0.25, -0.2) is 0 Å². The molecule has 1 fully saturated rings. The van der Waals surface area contributed by atoms with Crippen molar-refractivity contribution in [3.05, 3.63) is 102 Å². The van der Waals surface area contributed by atoms with Crippen molar-refractivity contribution in [2.75, 3.05) is 6.61 Å². The molecule has 1 N–H and O–H groups in total. The van der Waals surface area contributed by atoms with Crippen LogP contribution in [0.15, 0.2) is 91.0 Å². The molecule has 0 bridgehead atoms. The topological polar surface area (TPSA) is 29.5 Å². The molecule has 2 nitrogen and oxygen atoms in total. The van der Waals surface area contributed by atoms with Crippen LogP contribution in [0.3, 0.4) is 0 Å². The summed E-state index contributed by atoms with van der Waals surface area (Å²) in [7, 11) is 0. The van der Waals surface area contributed by atoms with Crippen LogP contribution in [-0.2, 0) is 4.74 Å². The first-order valence-corrected chi connectivity index (χ1v) is 11.8. The Morgan fingerprint density at radius 2 is 1.36 bits per heavy atom. The monoisotopic (exact) mass is 438 g/mol. The van der Waals surface area contributed by atoms with Gasteiger partial charge in [-0.1, -0.05) is 0 Å². The van der Waals surface area contributed by atoms with Crippen LogP contribution in [0.2, 0.25) is 4.82 Å². The molecule has 3 aromatic carbocycles. The molecule has 3 heteroatoms. The summed E-state index contributed by atoms with van der Waals surface area (Å²) in [4.78, 5) is 0.451. The zero-order valence-corrected chi connectivity index (χ0v) is 17.6. The van der Waals surface area contributed by atoms with Gasteiger partial charge in [-0.05, 0) is 0 Å². The van der Waals surface area contributed by atoms with Crippen LogP contribution in [0.25, 0.3) is 0 Å². The molecule has 0 unspecified atom stereocenters. The van der Waals surface area contributed by atoms with Gasteiger partial charge in [0.05, 0.1) is 0 Å². The van der Waals surface area contributed by atoms with Crippen LogP contribution >= 0.6 is 0 Å². The third-order valence-corrected chi connectivity index (χ3v) is 8.19. The number of aliphatic hydroxyl groups is 1. The van der Waals surface area contributed by atoms with Gasteiger partial charge in [-0.3, -0.25) is 0 Å². The molecular formula is C25H26O2Se. The summed E-state index contributed by atoms with van der Waals surface area (Å²) in [6.07, 6.45) is 1.69. The Morgan fingerprint density at radius 3 is 2.00 bits per heavy atom. The van der Waals surface area contributed by atoms with Gasteiger partial charge in [0, 0.05) is 0 Å². The average Bonchev–Trinajstić information content (AvgIpc) is 2.77. The molecule has 28 heavy (non-hydrogen) atoms. The van der Waals surface area contributed by atoms with E-state index in [4.69, 9.17) is 4.74 Å². The van der Waals surface area contributed by atoms with E-state index in [9.17, 15) is 5.11 Å². The van der Waals surface area contributed by atoms with Crippen molar-refractivity contribution in [3.63, 3.8) is 0 Å². The molecule has 0 saturated carbocycles. The van der Waals surface area contributed by atoms with Crippen LogP contribution in [0.5, 0.6) is 0 Å². The second-order valence-corrected chi connectivity index (χ2v) is 9.99. The number of aliphatic hydroxyl groups excluding tert-OH is 1. The summed E-state index contributed by atoms with van der Waals surface area (Å²) in [5.41, 5.74) is 2.11. The Morgan fingerprint density at radius 1 is 0.786 bits per heavy atom. The summed E-state index contributed by atoms with van der Waals surface area (Å²) in [5, 5.41) is 11.4. The van der Waals surface area contributed by atoms with Gasteiger partial charge in [0.15, 0.2) is 0 Å². The second kappa shape index (κ2) is 9.54. The third-order valence-electron chi connectivity index (χ3n) is 5.36. The predicted molar refractivity (Wildman–Crippen MR) is 115 cm³/mol. The van der Waals surface area contributed by atoms with Crippen molar-refractivity contribution in [2.24, 2.45) is 0 Å². The normalized spacial score (nSPS) is 21.8. The Balaban J connectivity index is 1.67. The number of ether oxygens (including phenoxy) is 1. The van der Waals surface area contributed by atoms with E-state index < -0.39 is 6.10 Å². The first-order valence-electron chi connectivity index (χ1n) is 9.94. The predicted octanol–water partition coefficient (Wildman–Crippen LogP) is 4.50. The van der Waals surface area contributed by atoms with E-state index in [-0.39, 0.29) is 12.0 Å². The Hall–Kier alpha value is -1.90. The number of benzene rings is 3. The molecule has 4 rings (SSSR count). The van der Waals surface area contributed by atoms with Crippen molar-refractivity contribution in [1.29, 1.82) is 0 Å². The quantitative estimate of drug-likeness (QED) is 0.576. The molecule has 1 heterocycles. The Kier molecular flexibility index (Phi) is 6.61. The second-order valence-electron chi connectivity index (χ2n) is 7.24. The van der Waals surface area contributed by atoms with Crippen molar-refractivity contribution >= 4 is 19.4 Å². The maximum atomic E-state index is 11.4. The van der Waals surface area contributed by atoms with E-state index in [0.717, 1.165) is 30.6 Å². The molecule has 0 amide bonds. The van der Waals surface area contributed by atoms with Gasteiger partial charge < -0.3 is 0 Å². The van der Waals surface area contributed by atoms with Crippen molar-refractivity contribution in [2.45, 2.75) is 35.8 Å². The van der Waals surface area contributed by atoms with Crippen LogP contribution in [0.1, 0.15) is 36.0 Å². The van der Waals surface area contributed by atoms with Gasteiger partial charge in [0.2, 0.25) is 0 Å². The maximum absolute atomic E-state index is 11.4. The van der Waals surface area contributed by atoms with Gasteiger partial charge in [0.1, 0.15) is 0 Å². The summed E-state index contributed by atoms with van der Waals surface area (Å²) in [6, 6.07) is 31.1. The van der Waals surface area contributed by atoms with E-state index >= 15 is 0 Å². The van der Waals surface area contributed by atoms with E-state index in [1.807, 2.05) is 36.4 Å². The van der Waals surface area contributed by atoms with Gasteiger partial charge in [0.25, 0.3) is 0 Å². The molecule has 144 valence electrons. The fraction of sp³-hybridized carbons (Fsp3) is 0.280. The molecule has 3 aromatic rings. The van der Waals surface area contributed by atoms with Crippen LogP contribution < -0.4 is 4.46 Å². The minimum absolute atomic E-state index is 0.0200. The minimum atomic E-state index is -0.583. The van der Waals surface area contributed by atoms with Gasteiger partial charge >= 0.3 is 174 Å². The molecule has 0 spiro atoms. The number of hydrogen-bond acceptors (Lipinski definition) is 2. The Labute approximate surface area is 173 Å². The first kappa shape index (κ1) is 19.4. The number of hydrogen-bond donors (Lipinski definition) is 1. The van der Waals surface area contributed by atoms with E-state index in [2.05, 4.69) is 54.6 Å². The molecule has 1 aliphatic rings. The van der Waals surface area contributed by atoms with E-state index in [1.165, 1.54) is 4.46 Å². The van der Waals surface area contributed by atoms with Crippen LogP contribution in [-0.4, -0.2) is 32.8 Å². The average molecular weight is 437 g/mol. The van der Waals surface area contributed by atoms with Crippen LogP contribution in [0.4, 0.5) is 0 Å². The zero-order valence-electron chi connectivity index (χ0n) is 15.9. The van der Waals surface area contributed by atoms with E-state index in [0.29, 0.717) is 19.8 Å². The molecule has 1 aliphatic heterocycles. The zero-order chi connectivity index (χ0) is 19.2. The third kappa shape index (κ3) is 4.56. The van der Waals surface area contributed by atoms with Gasteiger partial charge in [-0.15, -0.1) is 0 Å². The molecular weight excluding hydrogens is 411 g/mol. The SMILES string of the molecule is O[C@H](c1ccccc1)[C@H](c1ccccc1)[C@H]1OCCC[C@@H]1[Se]c1ccccc1. The molecule has 0 radical (unpaired) electrons. The first-order chi connectivity index (χ1) is 13.8. The Bertz CT molecular complexity index is 838. The molecule has 0 aliphatic carbocycles. The molecule has 1 saturated heterocycles. The summed E-state index contributed by atoms with van der Waals surface area (Å²) in [5.74, 6) is -0.0699. The molecule has 4 atom stereocenters. The number of rotatable bonds is 6.